The first-order chi connectivity index (χ1) is 13.7. The van der Waals surface area contributed by atoms with E-state index in [9.17, 15) is 0 Å². The van der Waals surface area contributed by atoms with Gasteiger partial charge in [-0.3, -0.25) is 0 Å². The van der Waals surface area contributed by atoms with Gasteiger partial charge in [0.25, 0.3) is 0 Å². The Morgan fingerprint density at radius 2 is 1.79 bits per heavy atom. The third kappa shape index (κ3) is 6.39. The molecule has 2 heteroatoms. The third-order valence-corrected chi connectivity index (χ3v) is 8.62. The van der Waals surface area contributed by atoms with Crippen molar-refractivity contribution in [3.8, 4) is 0 Å². The van der Waals surface area contributed by atoms with E-state index < -0.39 is 0 Å². The smallest absolute Gasteiger partial charge is 0.0222 e. The molecular formula is C26H41SSi. The number of benzene rings is 1. The van der Waals surface area contributed by atoms with Crippen molar-refractivity contribution in [2.24, 2.45) is 29.6 Å². The normalized spacial score (nSPS) is 30.6. The molecule has 0 saturated heterocycles. The summed E-state index contributed by atoms with van der Waals surface area (Å²) in [4.78, 5) is 0. The maximum atomic E-state index is 4.46. The van der Waals surface area contributed by atoms with E-state index in [1.165, 1.54) is 94.2 Å². The number of unbranched alkanes of at least 4 members (excludes halogenated alkanes) is 1. The highest BCUT2D eigenvalue weighted by Crippen LogP contribution is 2.45. The van der Waals surface area contributed by atoms with Gasteiger partial charge in [-0.15, -0.1) is 0 Å². The second-order valence-corrected chi connectivity index (χ2v) is 10.5. The molecule has 2 aliphatic carbocycles. The van der Waals surface area contributed by atoms with Crippen molar-refractivity contribution in [1.82, 2.24) is 0 Å². The lowest BCUT2D eigenvalue weighted by Crippen LogP contribution is -2.28. The minimum Gasteiger partial charge on any atom is -0.175 e. The van der Waals surface area contributed by atoms with E-state index in [-0.39, 0.29) is 0 Å². The van der Waals surface area contributed by atoms with Gasteiger partial charge in [0, 0.05) is 16.0 Å². The Labute approximate surface area is 183 Å². The zero-order valence-corrected chi connectivity index (χ0v) is 19.9. The van der Waals surface area contributed by atoms with Crippen molar-refractivity contribution in [3.63, 3.8) is 0 Å². The molecule has 0 bridgehead atoms. The van der Waals surface area contributed by atoms with Gasteiger partial charge in [0.15, 0.2) is 0 Å². The number of rotatable bonds is 10. The molecule has 0 spiro atoms. The fourth-order valence-corrected chi connectivity index (χ4v) is 6.77. The van der Waals surface area contributed by atoms with E-state index in [1.807, 2.05) is 0 Å². The molecule has 0 aliphatic heterocycles. The van der Waals surface area contributed by atoms with Crippen molar-refractivity contribution in [1.29, 1.82) is 0 Å². The molecule has 155 valence electrons. The molecule has 5 atom stereocenters. The van der Waals surface area contributed by atoms with Crippen LogP contribution in [0, 0.1) is 29.6 Å². The van der Waals surface area contributed by atoms with Crippen LogP contribution in [0.2, 0.25) is 6.04 Å². The van der Waals surface area contributed by atoms with E-state index >= 15 is 0 Å². The maximum Gasteiger partial charge on any atom is 0.0222 e. The second kappa shape index (κ2) is 11.8. The summed E-state index contributed by atoms with van der Waals surface area (Å²) in [5.41, 5.74) is 2.91. The highest BCUT2D eigenvalue weighted by atomic mass is 32.1. The summed E-state index contributed by atoms with van der Waals surface area (Å²) in [5.74, 6) is 5.78. The van der Waals surface area contributed by atoms with Crippen LogP contribution in [0.4, 0.5) is 0 Å². The van der Waals surface area contributed by atoms with Crippen LogP contribution in [0.3, 0.4) is 0 Å². The molecule has 0 heterocycles. The van der Waals surface area contributed by atoms with Crippen molar-refractivity contribution in [2.45, 2.75) is 95.8 Å². The van der Waals surface area contributed by atoms with Crippen molar-refractivity contribution in [3.05, 3.63) is 35.4 Å². The fourth-order valence-electron chi connectivity index (χ4n) is 6.33. The Morgan fingerprint density at radius 1 is 0.964 bits per heavy atom. The van der Waals surface area contributed by atoms with E-state index in [0.717, 1.165) is 35.3 Å². The topological polar surface area (TPSA) is 0 Å². The Morgan fingerprint density at radius 3 is 2.57 bits per heavy atom. The molecular weight excluding hydrogens is 372 g/mol. The molecule has 3 unspecified atom stereocenters. The van der Waals surface area contributed by atoms with Crippen LogP contribution in [0.5, 0.6) is 0 Å². The van der Waals surface area contributed by atoms with Gasteiger partial charge in [-0.05, 0) is 66.4 Å². The highest BCUT2D eigenvalue weighted by Gasteiger charge is 2.34. The molecule has 28 heavy (non-hydrogen) atoms. The maximum absolute atomic E-state index is 4.46. The van der Waals surface area contributed by atoms with Crippen LogP contribution in [-0.2, 0) is 12.2 Å². The lowest BCUT2D eigenvalue weighted by atomic mass is 9.68. The predicted molar refractivity (Wildman–Crippen MR) is 127 cm³/mol. The Kier molecular flexibility index (Phi) is 9.50. The molecule has 2 fully saturated rings. The van der Waals surface area contributed by atoms with Crippen molar-refractivity contribution in [2.75, 3.05) is 0 Å². The van der Waals surface area contributed by atoms with E-state index in [1.54, 1.807) is 0 Å². The van der Waals surface area contributed by atoms with Gasteiger partial charge in [-0.2, -0.15) is 12.6 Å². The lowest BCUT2D eigenvalue weighted by Gasteiger charge is -2.38. The van der Waals surface area contributed by atoms with Gasteiger partial charge in [-0.25, -0.2) is 0 Å². The Hall–Kier alpha value is -0.213. The van der Waals surface area contributed by atoms with Gasteiger partial charge < -0.3 is 0 Å². The first-order valence-electron chi connectivity index (χ1n) is 12.1. The zero-order valence-electron chi connectivity index (χ0n) is 18.0. The minimum absolute atomic E-state index is 0.857. The standard InChI is InChI=1S/C26H41SSi/c1-2-23-16-21(18-25-11-6-10-24(25)9-3-4-14-28)12-13-26(23)17-20-7-5-8-22(15-20)19-27/h5,7-8,15,21,23-27H,2-4,6,9-14,16-19H2,1H3/t21?,23-,24-,25?,26?/m0/s1. The van der Waals surface area contributed by atoms with Gasteiger partial charge in [0.2, 0.25) is 0 Å². The minimum atomic E-state index is 0.857. The van der Waals surface area contributed by atoms with Gasteiger partial charge >= 0.3 is 0 Å². The SMILES string of the molecule is CC[C@H]1CC(CC2CCC[C@@H]2CCCC[Si])CCC1Cc1cccc(CS)c1. The van der Waals surface area contributed by atoms with Crippen LogP contribution in [0.25, 0.3) is 0 Å². The summed E-state index contributed by atoms with van der Waals surface area (Å²) in [7, 11) is 3.65. The first kappa shape index (κ1) is 22.5. The number of hydrogen-bond donors (Lipinski definition) is 1. The molecule has 2 aliphatic rings. The summed E-state index contributed by atoms with van der Waals surface area (Å²) in [6.07, 6.45) is 17.4. The molecule has 3 radical (unpaired) electrons. The molecule has 0 N–H and O–H groups in total. The zero-order chi connectivity index (χ0) is 19.8. The van der Waals surface area contributed by atoms with E-state index in [4.69, 9.17) is 0 Å². The molecule has 1 aromatic carbocycles. The fraction of sp³-hybridized carbons (Fsp3) is 0.769. The molecule has 0 amide bonds. The quantitative estimate of drug-likeness (QED) is 0.227. The summed E-state index contributed by atoms with van der Waals surface area (Å²) >= 11 is 4.46. The van der Waals surface area contributed by atoms with Gasteiger partial charge in [0.05, 0.1) is 0 Å². The summed E-state index contributed by atoms with van der Waals surface area (Å²) in [5, 5.41) is 0. The Balaban J connectivity index is 1.51. The van der Waals surface area contributed by atoms with Crippen LogP contribution < -0.4 is 0 Å². The molecule has 2 saturated carbocycles. The van der Waals surface area contributed by atoms with Gasteiger partial charge in [0.1, 0.15) is 0 Å². The molecule has 3 rings (SSSR count). The van der Waals surface area contributed by atoms with E-state index in [2.05, 4.69) is 54.1 Å². The highest BCUT2D eigenvalue weighted by molar-refractivity contribution is 7.79. The van der Waals surface area contributed by atoms with Crippen LogP contribution in [0.1, 0.15) is 88.7 Å². The second-order valence-electron chi connectivity index (χ2n) is 9.72. The van der Waals surface area contributed by atoms with Gasteiger partial charge in [-0.1, -0.05) is 88.6 Å². The summed E-state index contributed by atoms with van der Waals surface area (Å²) in [6.45, 7) is 2.43. The lowest BCUT2D eigenvalue weighted by molar-refractivity contribution is 0.144. The predicted octanol–water partition coefficient (Wildman–Crippen LogP) is 7.66. The average molecular weight is 414 g/mol. The van der Waals surface area contributed by atoms with Crippen LogP contribution >= 0.6 is 12.6 Å². The Bertz CT molecular complexity index is 571. The molecule has 0 nitrogen and oxygen atoms in total. The largest absolute Gasteiger partial charge is 0.175 e. The monoisotopic (exact) mass is 413 g/mol. The van der Waals surface area contributed by atoms with E-state index in [0.29, 0.717) is 0 Å². The average Bonchev–Trinajstić information content (AvgIpc) is 3.16. The number of hydrogen-bond acceptors (Lipinski definition) is 1. The van der Waals surface area contributed by atoms with Crippen LogP contribution in [-0.4, -0.2) is 10.2 Å². The van der Waals surface area contributed by atoms with Crippen molar-refractivity contribution < 1.29 is 0 Å². The summed E-state index contributed by atoms with van der Waals surface area (Å²) < 4.78 is 0. The number of thiol groups is 1. The third-order valence-electron chi connectivity index (χ3n) is 7.90. The molecule has 0 aromatic heterocycles. The summed E-state index contributed by atoms with van der Waals surface area (Å²) in [6, 6.07) is 10.3. The molecule has 1 aromatic rings. The van der Waals surface area contributed by atoms with Crippen LogP contribution in [0.15, 0.2) is 24.3 Å². The first-order valence-corrected chi connectivity index (χ1v) is 13.4. The van der Waals surface area contributed by atoms with Crippen molar-refractivity contribution >= 4 is 22.9 Å².